The van der Waals surface area contributed by atoms with E-state index in [-0.39, 0.29) is 39.3 Å². The summed E-state index contributed by atoms with van der Waals surface area (Å²) in [5, 5.41) is 5.65. The van der Waals surface area contributed by atoms with E-state index in [9.17, 15) is 14.4 Å². The average molecular weight is 839 g/mol. The van der Waals surface area contributed by atoms with Crippen LogP contribution in [0.2, 0.25) is 16.6 Å². The van der Waals surface area contributed by atoms with Crippen LogP contribution in [0, 0.1) is 0 Å². The van der Waals surface area contributed by atoms with Crippen LogP contribution in [0.15, 0.2) is 121 Å². The molecule has 0 aliphatic carbocycles. The summed E-state index contributed by atoms with van der Waals surface area (Å²) in [6.45, 7) is 14.3. The fourth-order valence-electron chi connectivity index (χ4n) is 8.11. The first-order valence-corrected chi connectivity index (χ1v) is 23.2. The van der Waals surface area contributed by atoms with Crippen molar-refractivity contribution in [3.05, 3.63) is 144 Å². The second-order valence-corrected chi connectivity index (χ2v) is 21.7. The van der Waals surface area contributed by atoms with E-state index in [4.69, 9.17) is 28.1 Å². The average Bonchev–Trinajstić information content (AvgIpc) is 3.57. The zero-order valence-corrected chi connectivity index (χ0v) is 36.8. The Bertz CT molecular complexity index is 1860. The van der Waals surface area contributed by atoms with Gasteiger partial charge in [0.1, 0.15) is 37.6 Å². The number of hydrogen-bond acceptors (Lipinski definition) is 9. The van der Waals surface area contributed by atoms with Gasteiger partial charge in [0.2, 0.25) is 5.91 Å². The van der Waals surface area contributed by atoms with Crippen molar-refractivity contribution in [3.8, 4) is 0 Å². The van der Waals surface area contributed by atoms with Gasteiger partial charge >= 0.3 is 12.1 Å². The number of alkyl carbamates (subject to hydrolysis) is 1. The van der Waals surface area contributed by atoms with E-state index in [2.05, 4.69) is 52.2 Å². The molecule has 0 unspecified atom stereocenters. The van der Waals surface area contributed by atoms with Crippen LogP contribution in [-0.4, -0.2) is 63.5 Å². The van der Waals surface area contributed by atoms with Gasteiger partial charge in [-0.15, -0.1) is 0 Å². The summed E-state index contributed by atoms with van der Waals surface area (Å²) in [4.78, 5) is 40.3. The molecule has 1 heterocycles. The lowest BCUT2D eigenvalue weighted by molar-refractivity contribution is -0.147. The van der Waals surface area contributed by atoms with Crippen molar-refractivity contribution in [2.75, 3.05) is 6.61 Å². The molecule has 5 rings (SSSR count). The van der Waals surface area contributed by atoms with Gasteiger partial charge in [0.25, 0.3) is 0 Å². The molecular formula is C48H62N2O9Si. The van der Waals surface area contributed by atoms with E-state index in [1.807, 2.05) is 121 Å². The third kappa shape index (κ3) is 13.3. The maximum atomic E-state index is 13.9. The highest BCUT2D eigenvalue weighted by Gasteiger charge is 2.50. The van der Waals surface area contributed by atoms with E-state index in [0.29, 0.717) is 23.2 Å². The van der Waals surface area contributed by atoms with Gasteiger partial charge in [0.15, 0.2) is 14.5 Å². The molecule has 2 N–H and O–H groups in total. The normalized spacial score (nSPS) is 18.4. The number of benzene rings is 4. The molecule has 1 aliphatic heterocycles. The maximum absolute atomic E-state index is 13.9. The van der Waals surface area contributed by atoms with Gasteiger partial charge in [-0.2, -0.15) is 0 Å². The third-order valence-electron chi connectivity index (χ3n) is 11.1. The van der Waals surface area contributed by atoms with Gasteiger partial charge in [-0.1, -0.05) is 163 Å². The molecule has 0 saturated carbocycles. The van der Waals surface area contributed by atoms with Crippen molar-refractivity contribution in [1.29, 1.82) is 0 Å². The minimum absolute atomic E-state index is 0.00184. The zero-order chi connectivity index (χ0) is 42.9. The minimum Gasteiger partial charge on any atom is -0.459 e. The summed E-state index contributed by atoms with van der Waals surface area (Å²) in [6.07, 6.45) is -3.79. The van der Waals surface area contributed by atoms with E-state index in [1.165, 1.54) is 0 Å². The standard InChI is InChI=1S/C48H62N2O9Si/c1-34(2)60(35(3)4,36(5)6)58-33-42-44(54-29-37-19-11-7-12-20-37)45(55-30-38-21-13-8-14-22-38)46(59-42)50-43(51)28-27-41(47(52)56-31-39-23-15-9-16-24-39)49-48(53)57-32-40-25-17-10-18-26-40/h7-26,34-36,41-42,44-46H,27-33H2,1-6H3,(H,49,53)(H,50,51)/t41-,42+,44+,45+,46-/m0/s1. The maximum Gasteiger partial charge on any atom is 0.408 e. The number of ether oxygens (including phenoxy) is 5. The fourth-order valence-corrected chi connectivity index (χ4v) is 13.6. The van der Waals surface area contributed by atoms with Gasteiger partial charge in [-0.25, -0.2) is 9.59 Å². The summed E-state index contributed by atoms with van der Waals surface area (Å²) in [7, 11) is -2.31. The van der Waals surface area contributed by atoms with Crippen molar-refractivity contribution in [3.63, 3.8) is 0 Å². The second-order valence-electron chi connectivity index (χ2n) is 16.2. The first-order valence-electron chi connectivity index (χ1n) is 21.0. The Morgan fingerprint density at radius 1 is 0.600 bits per heavy atom. The molecule has 2 amide bonds. The number of amides is 2. The van der Waals surface area contributed by atoms with Crippen LogP contribution < -0.4 is 10.6 Å². The molecule has 1 aliphatic rings. The molecule has 0 bridgehead atoms. The van der Waals surface area contributed by atoms with Crippen LogP contribution in [0.1, 0.15) is 76.6 Å². The van der Waals surface area contributed by atoms with Gasteiger partial charge in [0.05, 0.1) is 19.8 Å². The molecule has 4 aromatic rings. The molecular weight excluding hydrogens is 777 g/mol. The van der Waals surface area contributed by atoms with E-state index < -0.39 is 56.9 Å². The van der Waals surface area contributed by atoms with Crippen molar-refractivity contribution in [2.24, 2.45) is 0 Å². The van der Waals surface area contributed by atoms with Crippen LogP contribution >= 0.6 is 0 Å². The smallest absolute Gasteiger partial charge is 0.408 e. The zero-order valence-electron chi connectivity index (χ0n) is 35.8. The van der Waals surface area contributed by atoms with Gasteiger partial charge in [-0.3, -0.25) is 4.79 Å². The molecule has 0 spiro atoms. The summed E-state index contributed by atoms with van der Waals surface area (Å²) in [5.74, 6) is -1.10. The summed E-state index contributed by atoms with van der Waals surface area (Å²) in [6, 6.07) is 37.0. The Hall–Kier alpha value is -4.85. The van der Waals surface area contributed by atoms with Crippen LogP contribution in [-0.2, 0) is 64.1 Å². The molecule has 11 nitrogen and oxygen atoms in total. The van der Waals surface area contributed by atoms with E-state index in [0.717, 1.165) is 22.3 Å². The molecule has 322 valence electrons. The van der Waals surface area contributed by atoms with Gasteiger partial charge in [-0.05, 0) is 45.3 Å². The Morgan fingerprint density at radius 2 is 1.03 bits per heavy atom. The number of rotatable bonds is 22. The molecule has 0 aromatic heterocycles. The quantitative estimate of drug-likeness (QED) is 0.0589. The second kappa shape index (κ2) is 23.2. The summed E-state index contributed by atoms with van der Waals surface area (Å²) < 4.78 is 38.0. The molecule has 0 radical (unpaired) electrons. The largest absolute Gasteiger partial charge is 0.459 e. The van der Waals surface area contributed by atoms with Crippen LogP contribution in [0.3, 0.4) is 0 Å². The molecule has 1 saturated heterocycles. The molecule has 1 fully saturated rings. The number of hydrogen-bond donors (Lipinski definition) is 2. The first-order chi connectivity index (χ1) is 29.0. The molecule has 4 aromatic carbocycles. The van der Waals surface area contributed by atoms with Gasteiger partial charge < -0.3 is 38.7 Å². The summed E-state index contributed by atoms with van der Waals surface area (Å²) >= 11 is 0. The minimum atomic E-state index is -2.31. The van der Waals surface area contributed by atoms with Crippen molar-refractivity contribution >= 4 is 26.3 Å². The highest BCUT2D eigenvalue weighted by atomic mass is 28.4. The number of nitrogens with one attached hydrogen (secondary N) is 2. The molecule has 5 atom stereocenters. The van der Waals surface area contributed by atoms with Crippen molar-refractivity contribution < 1.29 is 42.5 Å². The predicted octanol–water partition coefficient (Wildman–Crippen LogP) is 9.01. The lowest BCUT2D eigenvalue weighted by Crippen LogP contribution is -2.50. The fraction of sp³-hybridized carbons (Fsp3) is 0.438. The number of esters is 1. The highest BCUT2D eigenvalue weighted by Crippen LogP contribution is 2.43. The highest BCUT2D eigenvalue weighted by molar-refractivity contribution is 6.77. The van der Waals surface area contributed by atoms with Crippen LogP contribution in [0.4, 0.5) is 4.79 Å². The number of carbonyl (C=O) groups is 3. The van der Waals surface area contributed by atoms with E-state index in [1.54, 1.807) is 0 Å². The SMILES string of the molecule is CC(C)[Si](OC[C@H]1O[C@H](NC(=O)CC[C@H](NC(=O)OCc2ccccc2)C(=O)OCc2ccccc2)[C@H](OCc2ccccc2)[C@@H]1OCc1ccccc1)(C(C)C)C(C)C. The monoisotopic (exact) mass is 838 g/mol. The van der Waals surface area contributed by atoms with E-state index >= 15 is 0 Å². The molecule has 60 heavy (non-hydrogen) atoms. The topological polar surface area (TPSA) is 131 Å². The van der Waals surface area contributed by atoms with Crippen LogP contribution in [0.25, 0.3) is 0 Å². The third-order valence-corrected chi connectivity index (χ3v) is 17.1. The van der Waals surface area contributed by atoms with Crippen molar-refractivity contribution in [2.45, 2.75) is 128 Å². The van der Waals surface area contributed by atoms with Crippen LogP contribution in [0.5, 0.6) is 0 Å². The Kier molecular flexibility index (Phi) is 17.9. The Morgan fingerprint density at radius 3 is 1.50 bits per heavy atom. The first kappa shape index (κ1) is 46.2. The molecule has 12 heteroatoms. The lowest BCUT2D eigenvalue weighted by atomic mass is 10.1. The Labute approximate surface area is 356 Å². The summed E-state index contributed by atoms with van der Waals surface area (Å²) in [5.41, 5.74) is 4.56. The Balaban J connectivity index is 1.33. The van der Waals surface area contributed by atoms with Crippen molar-refractivity contribution in [1.82, 2.24) is 10.6 Å². The van der Waals surface area contributed by atoms with Gasteiger partial charge in [0, 0.05) is 6.42 Å². The number of carbonyl (C=O) groups excluding carboxylic acids is 3. The lowest BCUT2D eigenvalue weighted by Gasteiger charge is -2.43. The predicted molar refractivity (Wildman–Crippen MR) is 233 cm³/mol.